The summed E-state index contributed by atoms with van der Waals surface area (Å²) in [6.07, 6.45) is 0.254. The van der Waals surface area contributed by atoms with Gasteiger partial charge in [-0.05, 0) is 0 Å². The van der Waals surface area contributed by atoms with E-state index in [0.29, 0.717) is 6.54 Å². The van der Waals surface area contributed by atoms with Crippen LogP contribution in [0.25, 0.3) is 0 Å². The number of carbonyl (C=O) groups excluding carboxylic acids is 2. The minimum atomic E-state index is -0.632. The summed E-state index contributed by atoms with van der Waals surface area (Å²) in [7, 11) is 1.24. The van der Waals surface area contributed by atoms with E-state index in [2.05, 4.69) is 19.9 Å². The number of aromatic amines is 1. The van der Waals surface area contributed by atoms with Gasteiger partial charge in [0.15, 0.2) is 0 Å². The van der Waals surface area contributed by atoms with Gasteiger partial charge in [-0.15, -0.1) is 16.7 Å². The number of esters is 1. The lowest BCUT2D eigenvalue weighted by molar-refractivity contribution is -0.117. The number of amides is 1. The first-order chi connectivity index (χ1) is 7.61. The average molecular weight is 245 g/mol. The van der Waals surface area contributed by atoms with E-state index in [0.717, 1.165) is 0 Å². The van der Waals surface area contributed by atoms with Crippen molar-refractivity contribution in [1.29, 1.82) is 0 Å². The second-order valence-electron chi connectivity index (χ2n) is 3.28. The summed E-state index contributed by atoms with van der Waals surface area (Å²) >= 11 is 5.83. The van der Waals surface area contributed by atoms with E-state index < -0.39 is 5.97 Å². The van der Waals surface area contributed by atoms with Crippen molar-refractivity contribution in [2.75, 3.05) is 18.6 Å². The van der Waals surface area contributed by atoms with Crippen molar-refractivity contribution >= 4 is 29.4 Å². The number of halogens is 1. The van der Waals surface area contributed by atoms with Gasteiger partial charge in [-0.25, -0.2) is 4.79 Å². The molecular weight excluding hydrogens is 236 g/mol. The molecule has 1 fully saturated rings. The molecule has 0 aromatic carbocycles. The number of rotatable bonds is 2. The third-order valence-corrected chi connectivity index (χ3v) is 2.46. The average Bonchev–Trinajstić information content (AvgIpc) is 2.83. The molecule has 2 rings (SSSR count). The molecule has 1 aromatic rings. The van der Waals surface area contributed by atoms with Crippen molar-refractivity contribution in [1.82, 2.24) is 15.2 Å². The molecule has 0 radical (unpaired) electrons. The number of methoxy groups -OCH3 is 1. The lowest BCUT2D eigenvalue weighted by Gasteiger charge is -2.09. The number of hydrogen-bond acceptors (Lipinski definition) is 5. The van der Waals surface area contributed by atoms with E-state index in [1.807, 2.05) is 0 Å². The summed E-state index contributed by atoms with van der Waals surface area (Å²) in [4.78, 5) is 27.8. The van der Waals surface area contributed by atoms with Crippen LogP contribution in [0, 0.1) is 0 Å². The molecular formula is C8H9ClN4O3. The summed E-state index contributed by atoms with van der Waals surface area (Å²) in [5.41, 5.74) is 0. The van der Waals surface area contributed by atoms with E-state index in [9.17, 15) is 9.59 Å². The summed E-state index contributed by atoms with van der Waals surface area (Å²) < 4.78 is 4.46. The summed E-state index contributed by atoms with van der Waals surface area (Å²) in [5.74, 6) is -0.680. The molecule has 1 aliphatic heterocycles. The highest BCUT2D eigenvalue weighted by molar-refractivity contribution is 6.24. The van der Waals surface area contributed by atoms with Crippen LogP contribution in [0.1, 0.15) is 17.0 Å². The fourth-order valence-corrected chi connectivity index (χ4v) is 1.69. The molecule has 0 saturated carbocycles. The zero-order valence-corrected chi connectivity index (χ0v) is 9.19. The van der Waals surface area contributed by atoms with Crippen molar-refractivity contribution in [3.05, 3.63) is 5.82 Å². The predicted molar refractivity (Wildman–Crippen MR) is 54.3 cm³/mol. The summed E-state index contributed by atoms with van der Waals surface area (Å²) in [6.45, 7) is 0.346. The topological polar surface area (TPSA) is 88.2 Å². The lowest BCUT2D eigenvalue weighted by Crippen LogP contribution is -2.25. The molecule has 1 amide bonds. The first-order valence-corrected chi connectivity index (χ1v) is 5.00. The molecule has 16 heavy (non-hydrogen) atoms. The minimum Gasteiger partial charge on any atom is -0.463 e. The molecule has 7 nitrogen and oxygen atoms in total. The summed E-state index contributed by atoms with van der Waals surface area (Å²) in [6, 6.07) is 0. The molecule has 1 atom stereocenters. The number of aromatic nitrogens is 3. The Balaban J connectivity index is 2.19. The van der Waals surface area contributed by atoms with E-state index in [-0.39, 0.29) is 29.5 Å². The van der Waals surface area contributed by atoms with Gasteiger partial charge in [0.25, 0.3) is 5.95 Å². The molecule has 0 bridgehead atoms. The monoisotopic (exact) mass is 244 g/mol. The van der Waals surface area contributed by atoms with Crippen molar-refractivity contribution < 1.29 is 14.3 Å². The van der Waals surface area contributed by atoms with Gasteiger partial charge in [-0.2, -0.15) is 4.98 Å². The Labute approximate surface area is 95.7 Å². The maximum Gasteiger partial charge on any atom is 0.375 e. The maximum absolute atomic E-state index is 11.5. The Morgan fingerprint density at radius 2 is 2.44 bits per heavy atom. The van der Waals surface area contributed by atoms with Crippen LogP contribution in [0.5, 0.6) is 0 Å². The maximum atomic E-state index is 11.5. The van der Waals surface area contributed by atoms with E-state index in [4.69, 9.17) is 11.6 Å². The highest BCUT2D eigenvalue weighted by atomic mass is 35.5. The highest BCUT2D eigenvalue weighted by Gasteiger charge is 2.32. The van der Waals surface area contributed by atoms with E-state index >= 15 is 0 Å². The largest absolute Gasteiger partial charge is 0.463 e. The fraction of sp³-hybridized carbons (Fsp3) is 0.500. The van der Waals surface area contributed by atoms with Crippen molar-refractivity contribution in [2.45, 2.75) is 11.8 Å². The molecule has 1 N–H and O–H groups in total. The first-order valence-electron chi connectivity index (χ1n) is 4.57. The zero-order valence-electron chi connectivity index (χ0n) is 8.44. The molecule has 1 aromatic heterocycles. The second kappa shape index (κ2) is 4.09. The highest BCUT2D eigenvalue weighted by Crippen LogP contribution is 2.20. The minimum absolute atomic E-state index is 0.0386. The first kappa shape index (κ1) is 10.9. The van der Waals surface area contributed by atoms with Gasteiger partial charge < -0.3 is 4.74 Å². The lowest BCUT2D eigenvalue weighted by atomic mass is 10.4. The van der Waals surface area contributed by atoms with Gasteiger partial charge in [0.05, 0.1) is 12.5 Å². The molecule has 2 heterocycles. The molecule has 8 heteroatoms. The van der Waals surface area contributed by atoms with Crippen LogP contribution < -0.4 is 4.90 Å². The zero-order chi connectivity index (χ0) is 11.7. The second-order valence-corrected chi connectivity index (χ2v) is 3.90. The molecule has 86 valence electrons. The van der Waals surface area contributed by atoms with E-state index in [1.54, 1.807) is 0 Å². The number of ether oxygens (including phenoxy) is 1. The Hall–Kier alpha value is -1.63. The smallest absolute Gasteiger partial charge is 0.375 e. The van der Waals surface area contributed by atoms with Crippen molar-refractivity contribution in [3.8, 4) is 0 Å². The van der Waals surface area contributed by atoms with Crippen LogP contribution in [0.3, 0.4) is 0 Å². The van der Waals surface area contributed by atoms with Crippen LogP contribution in [0.4, 0.5) is 5.95 Å². The Kier molecular flexibility index (Phi) is 2.78. The third-order valence-electron chi connectivity index (χ3n) is 2.17. The Morgan fingerprint density at radius 1 is 1.69 bits per heavy atom. The molecule has 1 unspecified atom stereocenters. The van der Waals surface area contributed by atoms with Crippen LogP contribution >= 0.6 is 11.6 Å². The van der Waals surface area contributed by atoms with Crippen LogP contribution in [-0.2, 0) is 9.53 Å². The number of nitrogens with one attached hydrogen (secondary N) is 1. The predicted octanol–water partition coefficient (Wildman–Crippen LogP) is -0.0646. The number of hydrogen-bond donors (Lipinski definition) is 1. The normalized spacial score (nSPS) is 20.2. The van der Waals surface area contributed by atoms with Gasteiger partial charge in [-0.1, -0.05) is 0 Å². The van der Waals surface area contributed by atoms with Crippen molar-refractivity contribution in [2.24, 2.45) is 0 Å². The number of H-pyrrole nitrogens is 1. The van der Waals surface area contributed by atoms with Gasteiger partial charge in [0.2, 0.25) is 11.7 Å². The number of anilines is 1. The molecule has 1 aliphatic rings. The van der Waals surface area contributed by atoms with Crippen LogP contribution in [-0.4, -0.2) is 46.1 Å². The quantitative estimate of drug-likeness (QED) is 0.581. The number of nitrogens with zero attached hydrogens (tertiary/aromatic N) is 3. The van der Waals surface area contributed by atoms with Crippen LogP contribution in [0.2, 0.25) is 0 Å². The van der Waals surface area contributed by atoms with Gasteiger partial charge in [0, 0.05) is 13.0 Å². The number of carbonyl (C=O) groups is 2. The Bertz CT molecular complexity index is 433. The number of alkyl halides is 1. The molecule has 0 spiro atoms. The van der Waals surface area contributed by atoms with E-state index in [1.165, 1.54) is 12.0 Å². The fourth-order valence-electron chi connectivity index (χ4n) is 1.42. The van der Waals surface area contributed by atoms with Gasteiger partial charge in [-0.3, -0.25) is 14.8 Å². The van der Waals surface area contributed by atoms with Crippen molar-refractivity contribution in [3.63, 3.8) is 0 Å². The van der Waals surface area contributed by atoms with Crippen LogP contribution in [0.15, 0.2) is 0 Å². The van der Waals surface area contributed by atoms with Gasteiger partial charge in [0.1, 0.15) is 0 Å². The van der Waals surface area contributed by atoms with Gasteiger partial charge >= 0.3 is 5.97 Å². The standard InChI is InChI=1S/C8H9ClN4O3/c1-16-7(15)6-10-8(12-11-6)13-3-4(9)2-5(13)14/h4H,2-3H2,1H3,(H,10,11,12). The third kappa shape index (κ3) is 1.85. The molecule has 1 saturated heterocycles. The Morgan fingerprint density at radius 3 is 3.00 bits per heavy atom. The molecule has 0 aliphatic carbocycles. The SMILES string of the molecule is COC(=O)c1nc(N2CC(Cl)CC2=O)n[nH]1. The summed E-state index contributed by atoms with van der Waals surface area (Å²) in [5, 5.41) is 5.91.